The van der Waals surface area contributed by atoms with Gasteiger partial charge in [0.1, 0.15) is 6.61 Å². The third-order valence-corrected chi connectivity index (χ3v) is 2.01. The minimum absolute atomic E-state index is 0.00761. The molecule has 0 aromatic carbocycles. The Morgan fingerprint density at radius 3 is 2.22 bits per heavy atom. The quantitative estimate of drug-likeness (QED) is 0.426. The minimum Gasteiger partial charge on any atom is -0.430 e. The Kier molecular flexibility index (Phi) is 4.66. The molecule has 0 aromatic rings. The Morgan fingerprint density at radius 1 is 1.17 bits per heavy atom. The molecule has 0 bridgehead atoms. The first-order valence-electron chi connectivity index (χ1n) is 5.64. The molecule has 102 valence electrons. The average molecular weight is 259 g/mol. The Bertz CT molecular complexity index is 330. The fraction of sp³-hybridized carbons (Fsp3) is 0.727. The Morgan fingerprint density at radius 2 is 1.72 bits per heavy atom. The van der Waals surface area contributed by atoms with Gasteiger partial charge in [-0.1, -0.05) is 5.06 Å². The van der Waals surface area contributed by atoms with E-state index in [1.165, 1.54) is 0 Å². The number of imide groups is 1. The molecule has 0 aromatic heterocycles. The number of carbonyl (C=O) groups excluding carboxylic acids is 3. The van der Waals surface area contributed by atoms with Crippen LogP contribution in [0.2, 0.25) is 0 Å². The molecule has 7 heteroatoms. The van der Waals surface area contributed by atoms with Crippen molar-refractivity contribution in [2.45, 2.75) is 39.2 Å². The lowest BCUT2D eigenvalue weighted by molar-refractivity contribution is -0.177. The van der Waals surface area contributed by atoms with E-state index in [-0.39, 0.29) is 31.7 Å². The molecule has 0 N–H and O–H groups in total. The van der Waals surface area contributed by atoms with Gasteiger partial charge in [-0.15, -0.1) is 0 Å². The Hall–Kier alpha value is -1.63. The molecule has 18 heavy (non-hydrogen) atoms. The highest BCUT2D eigenvalue weighted by molar-refractivity contribution is 6.01. The summed E-state index contributed by atoms with van der Waals surface area (Å²) in [7, 11) is 0. The number of hydrogen-bond donors (Lipinski definition) is 0. The Labute approximate surface area is 105 Å². The van der Waals surface area contributed by atoms with Crippen LogP contribution < -0.4 is 0 Å². The maximum absolute atomic E-state index is 11.2. The molecule has 1 heterocycles. The van der Waals surface area contributed by atoms with Crippen LogP contribution in [0.15, 0.2) is 0 Å². The summed E-state index contributed by atoms with van der Waals surface area (Å²) in [5.41, 5.74) is -0.325. The Balaban J connectivity index is 2.22. The van der Waals surface area contributed by atoms with Crippen LogP contribution in [-0.2, 0) is 23.9 Å². The van der Waals surface area contributed by atoms with E-state index in [1.54, 1.807) is 0 Å². The summed E-state index contributed by atoms with van der Waals surface area (Å²) < 4.78 is 9.98. The van der Waals surface area contributed by atoms with E-state index in [0.717, 1.165) is 0 Å². The predicted octanol–water partition coefficient (Wildman–Crippen LogP) is 1.02. The number of carbonyl (C=O) groups is 3. The molecule has 1 rings (SSSR count). The highest BCUT2D eigenvalue weighted by atomic mass is 16.8. The molecule has 1 fully saturated rings. The average Bonchev–Trinajstić information content (AvgIpc) is 2.55. The van der Waals surface area contributed by atoms with Crippen LogP contribution in [0, 0.1) is 0 Å². The van der Waals surface area contributed by atoms with Gasteiger partial charge in [-0.2, -0.15) is 0 Å². The summed E-state index contributed by atoms with van der Waals surface area (Å²) in [6.07, 6.45) is -0.977. The first kappa shape index (κ1) is 14.4. The number of amides is 2. The van der Waals surface area contributed by atoms with Crippen molar-refractivity contribution in [3.05, 3.63) is 0 Å². The zero-order valence-electron chi connectivity index (χ0n) is 10.7. The topological polar surface area (TPSA) is 82.1 Å². The molecular formula is C11H17NO6. The van der Waals surface area contributed by atoms with Gasteiger partial charge in [0, 0.05) is 12.8 Å². The predicted molar refractivity (Wildman–Crippen MR) is 59.2 cm³/mol. The van der Waals surface area contributed by atoms with E-state index >= 15 is 0 Å². The van der Waals surface area contributed by atoms with Crippen LogP contribution in [0.5, 0.6) is 0 Å². The second kappa shape index (κ2) is 5.81. The zero-order valence-corrected chi connectivity index (χ0v) is 10.7. The highest BCUT2D eigenvalue weighted by Gasteiger charge is 2.33. The summed E-state index contributed by atoms with van der Waals surface area (Å²) >= 11 is 0. The van der Waals surface area contributed by atoms with Crippen molar-refractivity contribution in [3.63, 3.8) is 0 Å². The number of nitrogens with zero attached hydrogens (tertiary/aromatic N) is 1. The minimum atomic E-state index is -1.09. The van der Waals surface area contributed by atoms with Crippen molar-refractivity contribution in [2.24, 2.45) is 0 Å². The maximum Gasteiger partial charge on any atom is 0.534 e. The molecule has 7 nitrogen and oxygen atoms in total. The van der Waals surface area contributed by atoms with E-state index in [0.29, 0.717) is 5.06 Å². The fourth-order valence-corrected chi connectivity index (χ4v) is 1.23. The lowest BCUT2D eigenvalue weighted by Gasteiger charge is -2.19. The highest BCUT2D eigenvalue weighted by Crippen LogP contribution is 2.12. The number of rotatable bonds is 4. The summed E-state index contributed by atoms with van der Waals surface area (Å²) in [5.74, 6) is -1.08. The first-order valence-corrected chi connectivity index (χ1v) is 5.64. The lowest BCUT2D eigenvalue weighted by atomic mass is 10.2. The molecule has 0 saturated carbocycles. The SMILES string of the molecule is CC(C)(C)OCCOC(=O)ON1C(=O)CCC1=O. The monoisotopic (exact) mass is 259 g/mol. The zero-order chi connectivity index (χ0) is 13.8. The molecule has 2 amide bonds. The molecular weight excluding hydrogens is 242 g/mol. The standard InChI is InChI=1S/C11H17NO6/c1-11(2,3)17-7-6-16-10(15)18-12-8(13)4-5-9(12)14/h4-7H2,1-3H3. The van der Waals surface area contributed by atoms with Gasteiger partial charge in [0.2, 0.25) is 0 Å². The molecule has 0 spiro atoms. The molecule has 0 unspecified atom stereocenters. The normalized spacial score (nSPS) is 16.1. The van der Waals surface area contributed by atoms with Gasteiger partial charge >= 0.3 is 6.16 Å². The van der Waals surface area contributed by atoms with Crippen LogP contribution >= 0.6 is 0 Å². The summed E-state index contributed by atoms with van der Waals surface area (Å²) in [4.78, 5) is 37.9. The molecule has 1 aliphatic rings. The summed E-state index contributed by atoms with van der Waals surface area (Å²) in [5, 5.41) is 0.437. The third kappa shape index (κ3) is 4.70. The molecule has 1 aliphatic heterocycles. The number of hydroxylamine groups is 2. The van der Waals surface area contributed by atoms with Gasteiger partial charge in [0.25, 0.3) is 11.8 Å². The third-order valence-electron chi connectivity index (χ3n) is 2.01. The van der Waals surface area contributed by atoms with Gasteiger partial charge < -0.3 is 9.47 Å². The van der Waals surface area contributed by atoms with E-state index in [9.17, 15) is 14.4 Å². The van der Waals surface area contributed by atoms with Gasteiger partial charge in [0.05, 0.1) is 12.2 Å². The van der Waals surface area contributed by atoms with Crippen LogP contribution in [0.25, 0.3) is 0 Å². The number of hydrogen-bond acceptors (Lipinski definition) is 6. The maximum atomic E-state index is 11.2. The van der Waals surface area contributed by atoms with Crippen molar-refractivity contribution in [3.8, 4) is 0 Å². The lowest BCUT2D eigenvalue weighted by Crippen LogP contribution is -2.33. The van der Waals surface area contributed by atoms with Crippen molar-refractivity contribution in [1.82, 2.24) is 5.06 Å². The smallest absolute Gasteiger partial charge is 0.430 e. The van der Waals surface area contributed by atoms with Gasteiger partial charge in [-0.25, -0.2) is 4.79 Å². The van der Waals surface area contributed by atoms with Crippen LogP contribution in [0.3, 0.4) is 0 Å². The second-order valence-electron chi connectivity index (χ2n) is 4.73. The van der Waals surface area contributed by atoms with Crippen molar-refractivity contribution in [1.29, 1.82) is 0 Å². The summed E-state index contributed by atoms with van der Waals surface area (Å²) in [6.45, 7) is 5.81. The van der Waals surface area contributed by atoms with E-state index in [2.05, 4.69) is 9.57 Å². The van der Waals surface area contributed by atoms with Crippen LogP contribution in [0.4, 0.5) is 4.79 Å². The van der Waals surface area contributed by atoms with E-state index < -0.39 is 18.0 Å². The van der Waals surface area contributed by atoms with Crippen molar-refractivity contribution in [2.75, 3.05) is 13.2 Å². The largest absolute Gasteiger partial charge is 0.534 e. The first-order chi connectivity index (χ1) is 8.29. The molecule has 0 aliphatic carbocycles. The van der Waals surface area contributed by atoms with Gasteiger partial charge in [0.15, 0.2) is 0 Å². The number of ether oxygens (including phenoxy) is 2. The van der Waals surface area contributed by atoms with Crippen molar-refractivity contribution < 1.29 is 28.7 Å². The summed E-state index contributed by atoms with van der Waals surface area (Å²) in [6, 6.07) is 0. The molecule has 0 atom stereocenters. The van der Waals surface area contributed by atoms with Crippen LogP contribution in [-0.4, -0.2) is 41.8 Å². The fourth-order valence-electron chi connectivity index (χ4n) is 1.23. The molecule has 1 saturated heterocycles. The van der Waals surface area contributed by atoms with Gasteiger partial charge in [-0.05, 0) is 20.8 Å². The van der Waals surface area contributed by atoms with Gasteiger partial charge in [-0.3, -0.25) is 14.4 Å². The van der Waals surface area contributed by atoms with Crippen LogP contribution in [0.1, 0.15) is 33.6 Å². The molecule has 0 radical (unpaired) electrons. The van der Waals surface area contributed by atoms with Crippen molar-refractivity contribution >= 4 is 18.0 Å². The van der Waals surface area contributed by atoms with E-state index in [4.69, 9.17) is 4.74 Å². The second-order valence-corrected chi connectivity index (χ2v) is 4.73. The van der Waals surface area contributed by atoms with E-state index in [1.807, 2.05) is 20.8 Å².